The van der Waals surface area contributed by atoms with Crippen LogP contribution in [0.3, 0.4) is 0 Å². The summed E-state index contributed by atoms with van der Waals surface area (Å²) >= 11 is 6.20. The van der Waals surface area contributed by atoms with Gasteiger partial charge in [0.2, 0.25) is 5.91 Å². The number of halogens is 1. The summed E-state index contributed by atoms with van der Waals surface area (Å²) in [5.41, 5.74) is 3.74. The fourth-order valence-electron chi connectivity index (χ4n) is 4.15. The number of amides is 1. The second-order valence-corrected chi connectivity index (χ2v) is 9.13. The molecule has 1 saturated heterocycles. The maximum atomic E-state index is 12.8. The van der Waals surface area contributed by atoms with Crippen molar-refractivity contribution in [3.8, 4) is 5.75 Å². The molecule has 0 N–H and O–H groups in total. The second-order valence-electron chi connectivity index (χ2n) is 8.73. The zero-order valence-corrected chi connectivity index (χ0v) is 19.2. The number of esters is 1. The van der Waals surface area contributed by atoms with Crippen molar-refractivity contribution in [1.29, 1.82) is 0 Å². The average molecular weight is 448 g/mol. The summed E-state index contributed by atoms with van der Waals surface area (Å²) in [6, 6.07) is 23.3. The Kier molecular flexibility index (Phi) is 6.07. The van der Waals surface area contributed by atoms with Crippen LogP contribution in [0, 0.1) is 12.8 Å². The Morgan fingerprint density at radius 2 is 1.62 bits per heavy atom. The molecular weight excluding hydrogens is 422 g/mol. The molecule has 0 bridgehead atoms. The molecule has 3 aromatic rings. The van der Waals surface area contributed by atoms with Gasteiger partial charge in [0, 0.05) is 29.1 Å². The monoisotopic (exact) mass is 447 g/mol. The second kappa shape index (κ2) is 8.79. The van der Waals surface area contributed by atoms with E-state index in [4.69, 9.17) is 16.3 Å². The van der Waals surface area contributed by atoms with E-state index < -0.39 is 11.9 Å². The lowest BCUT2D eigenvalue weighted by atomic mass is 9.78. The van der Waals surface area contributed by atoms with Crippen molar-refractivity contribution in [2.24, 2.45) is 5.92 Å². The maximum Gasteiger partial charge on any atom is 0.316 e. The topological polar surface area (TPSA) is 46.6 Å². The molecule has 0 spiro atoms. The fraction of sp³-hybridized carbons (Fsp3) is 0.259. The van der Waals surface area contributed by atoms with Crippen LogP contribution in [0.5, 0.6) is 5.75 Å². The first-order valence-electron chi connectivity index (χ1n) is 10.7. The minimum Gasteiger partial charge on any atom is -0.426 e. The van der Waals surface area contributed by atoms with Crippen LogP contribution >= 0.6 is 11.6 Å². The molecule has 0 aromatic heterocycles. The zero-order valence-electron chi connectivity index (χ0n) is 18.5. The molecule has 1 fully saturated rings. The molecule has 3 aromatic carbocycles. The van der Waals surface area contributed by atoms with Crippen LogP contribution in [0.1, 0.15) is 37.0 Å². The summed E-state index contributed by atoms with van der Waals surface area (Å²) in [5.74, 6) is -0.526. The number of nitrogens with zero attached hydrogens (tertiary/aromatic N) is 1. The largest absolute Gasteiger partial charge is 0.426 e. The highest BCUT2D eigenvalue weighted by molar-refractivity contribution is 6.31. The third-order valence-electron chi connectivity index (χ3n) is 6.28. The first-order chi connectivity index (χ1) is 15.3. The van der Waals surface area contributed by atoms with Gasteiger partial charge in [-0.2, -0.15) is 0 Å². The van der Waals surface area contributed by atoms with Gasteiger partial charge in [-0.15, -0.1) is 0 Å². The summed E-state index contributed by atoms with van der Waals surface area (Å²) in [5, 5.41) is 0.597. The van der Waals surface area contributed by atoms with Gasteiger partial charge in [0.15, 0.2) is 0 Å². The molecule has 1 amide bonds. The van der Waals surface area contributed by atoms with Crippen LogP contribution in [-0.2, 0) is 15.0 Å². The van der Waals surface area contributed by atoms with Crippen molar-refractivity contribution in [1.82, 2.24) is 0 Å². The Hall–Kier alpha value is -3.11. The SMILES string of the molecule is Cc1c(Cl)cccc1N1C[C@@H](C(=O)Oc2ccc(C(C)(C)c3ccccc3)cc2)CC1=O. The number of carbonyl (C=O) groups excluding carboxylic acids is 2. The predicted molar refractivity (Wildman–Crippen MR) is 127 cm³/mol. The molecule has 4 nitrogen and oxygen atoms in total. The first-order valence-corrected chi connectivity index (χ1v) is 11.1. The van der Waals surface area contributed by atoms with E-state index >= 15 is 0 Å². The van der Waals surface area contributed by atoms with Gasteiger partial charge in [-0.1, -0.05) is 74.0 Å². The number of ether oxygens (including phenoxy) is 1. The van der Waals surface area contributed by atoms with E-state index in [1.807, 2.05) is 61.5 Å². The van der Waals surface area contributed by atoms with Crippen LogP contribution in [0.4, 0.5) is 5.69 Å². The van der Waals surface area contributed by atoms with Crippen LogP contribution < -0.4 is 9.64 Å². The highest BCUT2D eigenvalue weighted by Gasteiger charge is 2.37. The predicted octanol–water partition coefficient (Wildman–Crippen LogP) is 5.93. The molecule has 1 aliphatic heterocycles. The van der Waals surface area contributed by atoms with Gasteiger partial charge < -0.3 is 9.64 Å². The Morgan fingerprint density at radius 1 is 0.969 bits per heavy atom. The minimum atomic E-state index is -0.513. The van der Waals surface area contributed by atoms with Gasteiger partial charge in [0.25, 0.3) is 0 Å². The van der Waals surface area contributed by atoms with E-state index in [1.165, 1.54) is 5.56 Å². The lowest BCUT2D eigenvalue weighted by Crippen LogP contribution is -2.27. The lowest BCUT2D eigenvalue weighted by molar-refractivity contribution is -0.139. The van der Waals surface area contributed by atoms with Gasteiger partial charge in [-0.3, -0.25) is 9.59 Å². The third kappa shape index (κ3) is 4.28. The number of carbonyl (C=O) groups is 2. The average Bonchev–Trinajstić information content (AvgIpc) is 3.18. The number of hydrogen-bond donors (Lipinski definition) is 0. The molecule has 1 aliphatic rings. The van der Waals surface area contributed by atoms with Gasteiger partial charge in [0.05, 0.1) is 5.92 Å². The van der Waals surface area contributed by atoms with E-state index in [0.717, 1.165) is 16.8 Å². The molecule has 164 valence electrons. The quantitative estimate of drug-likeness (QED) is 0.359. The fourth-order valence-corrected chi connectivity index (χ4v) is 4.32. The summed E-state index contributed by atoms with van der Waals surface area (Å²) < 4.78 is 5.61. The summed E-state index contributed by atoms with van der Waals surface area (Å²) in [6.07, 6.45) is 0.129. The van der Waals surface area contributed by atoms with Gasteiger partial charge in [0.1, 0.15) is 5.75 Å². The van der Waals surface area contributed by atoms with E-state index in [9.17, 15) is 9.59 Å². The number of anilines is 1. The summed E-state index contributed by atoms with van der Waals surface area (Å²) in [7, 11) is 0. The van der Waals surface area contributed by atoms with Crippen molar-refractivity contribution in [2.75, 3.05) is 11.4 Å². The molecule has 1 atom stereocenters. The van der Waals surface area contributed by atoms with E-state index in [-0.39, 0.29) is 24.3 Å². The Bertz CT molecular complexity index is 1140. The van der Waals surface area contributed by atoms with Gasteiger partial charge in [-0.05, 0) is 47.9 Å². The van der Waals surface area contributed by atoms with E-state index in [1.54, 1.807) is 11.0 Å². The highest BCUT2D eigenvalue weighted by atomic mass is 35.5. The zero-order chi connectivity index (χ0) is 22.9. The Balaban J connectivity index is 1.44. The first kappa shape index (κ1) is 22.1. The normalized spacial score (nSPS) is 16.3. The van der Waals surface area contributed by atoms with Crippen molar-refractivity contribution >= 4 is 29.2 Å². The lowest BCUT2D eigenvalue weighted by Gasteiger charge is -2.26. The molecule has 32 heavy (non-hydrogen) atoms. The molecule has 1 heterocycles. The molecule has 0 radical (unpaired) electrons. The van der Waals surface area contributed by atoms with Crippen molar-refractivity contribution in [3.63, 3.8) is 0 Å². The number of hydrogen-bond acceptors (Lipinski definition) is 3. The standard InChI is InChI=1S/C27H26ClNO3/c1-18-23(28)10-7-11-24(18)29-17-19(16-25(29)30)26(31)32-22-14-12-21(13-15-22)27(2,3)20-8-5-4-6-9-20/h4-15,19H,16-17H2,1-3H3/t19-/m0/s1. The van der Waals surface area contributed by atoms with Crippen molar-refractivity contribution in [2.45, 2.75) is 32.6 Å². The maximum absolute atomic E-state index is 12.8. The van der Waals surface area contributed by atoms with Gasteiger partial charge in [-0.25, -0.2) is 0 Å². The molecule has 0 unspecified atom stereocenters. The van der Waals surface area contributed by atoms with E-state index in [2.05, 4.69) is 26.0 Å². The molecule has 0 aliphatic carbocycles. The van der Waals surface area contributed by atoms with Crippen LogP contribution in [0.2, 0.25) is 5.02 Å². The summed E-state index contributed by atoms with van der Waals surface area (Å²) in [6.45, 7) is 6.49. The Labute approximate surface area is 193 Å². The summed E-state index contributed by atoms with van der Waals surface area (Å²) in [4.78, 5) is 27.0. The van der Waals surface area contributed by atoms with Crippen LogP contribution in [0.25, 0.3) is 0 Å². The highest BCUT2D eigenvalue weighted by Crippen LogP contribution is 2.34. The number of rotatable bonds is 5. The van der Waals surface area contributed by atoms with Crippen molar-refractivity contribution < 1.29 is 14.3 Å². The smallest absolute Gasteiger partial charge is 0.316 e. The van der Waals surface area contributed by atoms with Gasteiger partial charge >= 0.3 is 5.97 Å². The minimum absolute atomic E-state index is 0.0997. The molecule has 5 heteroatoms. The van der Waals surface area contributed by atoms with Crippen LogP contribution in [-0.4, -0.2) is 18.4 Å². The van der Waals surface area contributed by atoms with Crippen LogP contribution in [0.15, 0.2) is 72.8 Å². The molecule has 4 rings (SSSR count). The third-order valence-corrected chi connectivity index (χ3v) is 6.69. The van der Waals surface area contributed by atoms with Crippen molar-refractivity contribution in [3.05, 3.63) is 94.5 Å². The Morgan fingerprint density at radius 3 is 2.31 bits per heavy atom. The number of benzene rings is 3. The van der Waals surface area contributed by atoms with E-state index in [0.29, 0.717) is 10.8 Å². The molecular formula is C27H26ClNO3. The molecule has 0 saturated carbocycles.